The summed E-state index contributed by atoms with van der Waals surface area (Å²) in [5.74, 6) is 1.25. The molecule has 1 N–H and O–H groups in total. The van der Waals surface area contributed by atoms with Crippen LogP contribution in [0.4, 0.5) is 17.3 Å². The second kappa shape index (κ2) is 10.7. The molecule has 0 bridgehead atoms. The van der Waals surface area contributed by atoms with E-state index in [4.69, 9.17) is 9.72 Å². The first-order valence-corrected chi connectivity index (χ1v) is 14.8. The molecule has 40 heavy (non-hydrogen) atoms. The summed E-state index contributed by atoms with van der Waals surface area (Å²) in [4.78, 5) is 26.7. The lowest BCUT2D eigenvalue weighted by Crippen LogP contribution is -2.44. The van der Waals surface area contributed by atoms with Crippen LogP contribution in [0.1, 0.15) is 64.0 Å². The van der Waals surface area contributed by atoms with Crippen molar-refractivity contribution < 1.29 is 17.9 Å². The number of sulfonamides is 1. The Morgan fingerprint density at radius 1 is 1.07 bits per heavy atom. The minimum Gasteiger partial charge on any atom is -0.497 e. The number of benzene rings is 1. The van der Waals surface area contributed by atoms with E-state index in [0.29, 0.717) is 23.3 Å². The number of rotatable bonds is 7. The number of methoxy groups -OCH3 is 1. The molecule has 0 radical (unpaired) electrons. The molecule has 1 unspecified atom stereocenters. The summed E-state index contributed by atoms with van der Waals surface area (Å²) in [6, 6.07) is 15.5. The lowest BCUT2D eigenvalue weighted by molar-refractivity contribution is 0.0981. The van der Waals surface area contributed by atoms with Gasteiger partial charge in [-0.05, 0) is 74.7 Å². The number of carbonyl (C=O) groups is 1. The molecule has 214 valence electrons. The minimum absolute atomic E-state index is 0.213. The number of nitrogens with one attached hydrogen (secondary N) is 1. The Bertz CT molecular complexity index is 1500. The van der Waals surface area contributed by atoms with Crippen LogP contribution in [-0.4, -0.2) is 50.5 Å². The Hall–Kier alpha value is -3.66. The van der Waals surface area contributed by atoms with E-state index in [0.717, 1.165) is 24.3 Å². The van der Waals surface area contributed by atoms with Crippen LogP contribution in [0.2, 0.25) is 0 Å². The number of ether oxygens (including phenoxy) is 1. The van der Waals surface area contributed by atoms with E-state index in [1.54, 1.807) is 43.3 Å². The van der Waals surface area contributed by atoms with Gasteiger partial charge in [-0.2, -0.15) is 8.42 Å². The molecule has 3 aromatic rings. The molecule has 3 heterocycles. The molecule has 1 aromatic carbocycles. The van der Waals surface area contributed by atoms with Crippen LogP contribution in [0.15, 0.2) is 59.6 Å². The van der Waals surface area contributed by atoms with E-state index in [1.165, 1.54) is 6.07 Å². The maximum Gasteiger partial charge on any atom is 0.281 e. The largest absolute Gasteiger partial charge is 0.497 e. The average molecular weight is 566 g/mol. The van der Waals surface area contributed by atoms with Crippen LogP contribution in [0, 0.1) is 5.92 Å². The van der Waals surface area contributed by atoms with E-state index in [2.05, 4.69) is 56.1 Å². The van der Waals surface area contributed by atoms with Gasteiger partial charge < -0.3 is 14.5 Å². The molecule has 0 aliphatic carbocycles. The molecule has 1 saturated heterocycles. The Morgan fingerprint density at radius 3 is 2.33 bits per heavy atom. The Kier molecular flexibility index (Phi) is 7.86. The summed E-state index contributed by atoms with van der Waals surface area (Å²) in [5, 5.41) is -0.255. The van der Waals surface area contributed by atoms with Crippen LogP contribution in [0.25, 0.3) is 0 Å². The lowest BCUT2D eigenvalue weighted by atomic mass is 9.89. The van der Waals surface area contributed by atoms with Crippen molar-refractivity contribution in [2.75, 3.05) is 30.5 Å². The average Bonchev–Trinajstić information content (AvgIpc) is 3.18. The van der Waals surface area contributed by atoms with Gasteiger partial charge in [0, 0.05) is 35.9 Å². The third-order valence-corrected chi connectivity index (χ3v) is 9.08. The minimum atomic E-state index is -4.28. The third kappa shape index (κ3) is 5.77. The van der Waals surface area contributed by atoms with Crippen molar-refractivity contribution in [1.29, 1.82) is 0 Å². The van der Waals surface area contributed by atoms with Crippen LogP contribution < -0.4 is 19.3 Å². The highest BCUT2D eigenvalue weighted by atomic mass is 32.2. The molecular weight excluding hydrogens is 526 g/mol. The molecular formula is C30H39N5O4S. The second-order valence-corrected chi connectivity index (χ2v) is 13.5. The molecule has 1 atom stereocenters. The van der Waals surface area contributed by atoms with Gasteiger partial charge in [-0.25, -0.2) is 14.7 Å². The first-order valence-electron chi connectivity index (χ1n) is 13.4. The molecule has 1 aliphatic rings. The molecule has 1 aliphatic heterocycles. The molecule has 10 heteroatoms. The third-order valence-electron chi connectivity index (χ3n) is 7.85. The fourth-order valence-corrected chi connectivity index (χ4v) is 5.70. The van der Waals surface area contributed by atoms with Crippen molar-refractivity contribution >= 4 is 33.3 Å². The van der Waals surface area contributed by atoms with Gasteiger partial charge in [0.05, 0.1) is 12.7 Å². The number of anilines is 3. The summed E-state index contributed by atoms with van der Waals surface area (Å²) in [6.07, 6.45) is 0.951. The quantitative estimate of drug-likeness (QED) is 0.412. The van der Waals surface area contributed by atoms with Gasteiger partial charge in [0.1, 0.15) is 17.4 Å². The van der Waals surface area contributed by atoms with Crippen molar-refractivity contribution in [3.05, 3.63) is 65.9 Å². The van der Waals surface area contributed by atoms with Gasteiger partial charge in [0.2, 0.25) is 0 Å². The fourth-order valence-electron chi connectivity index (χ4n) is 4.77. The normalized spacial score (nSPS) is 17.0. The van der Waals surface area contributed by atoms with Gasteiger partial charge in [0.25, 0.3) is 15.9 Å². The Morgan fingerprint density at radius 2 is 1.75 bits per heavy atom. The maximum atomic E-state index is 13.6. The lowest BCUT2D eigenvalue weighted by Gasteiger charge is -2.37. The van der Waals surface area contributed by atoms with Gasteiger partial charge >= 0.3 is 0 Å². The number of pyridine rings is 2. The van der Waals surface area contributed by atoms with Crippen LogP contribution in [-0.2, 0) is 15.4 Å². The van der Waals surface area contributed by atoms with Crippen molar-refractivity contribution in [2.24, 2.45) is 5.92 Å². The highest BCUT2D eigenvalue weighted by Gasteiger charge is 2.41. The molecule has 0 spiro atoms. The van der Waals surface area contributed by atoms with Gasteiger partial charge in [-0.15, -0.1) is 0 Å². The molecule has 0 saturated carbocycles. The van der Waals surface area contributed by atoms with E-state index >= 15 is 0 Å². The van der Waals surface area contributed by atoms with Gasteiger partial charge in [0.15, 0.2) is 5.03 Å². The number of carbonyl (C=O) groups excluding carboxylic acids is 1. The zero-order valence-corrected chi connectivity index (χ0v) is 25.3. The van der Waals surface area contributed by atoms with E-state index in [-0.39, 0.29) is 21.5 Å². The first kappa shape index (κ1) is 29.3. The van der Waals surface area contributed by atoms with Crippen LogP contribution in [0.3, 0.4) is 0 Å². The summed E-state index contributed by atoms with van der Waals surface area (Å²) in [6.45, 7) is 13.3. The van der Waals surface area contributed by atoms with Gasteiger partial charge in [-0.1, -0.05) is 33.8 Å². The number of nitrogens with zero attached hydrogens (tertiary/aromatic N) is 4. The summed E-state index contributed by atoms with van der Waals surface area (Å²) >= 11 is 0. The van der Waals surface area contributed by atoms with Crippen LogP contribution >= 0.6 is 0 Å². The van der Waals surface area contributed by atoms with Gasteiger partial charge in [-0.3, -0.25) is 4.79 Å². The zero-order chi connectivity index (χ0) is 29.5. The monoisotopic (exact) mass is 565 g/mol. The molecule has 9 nitrogen and oxygen atoms in total. The summed E-state index contributed by atoms with van der Waals surface area (Å²) in [7, 11) is -0.903. The second-order valence-electron chi connectivity index (χ2n) is 11.8. The summed E-state index contributed by atoms with van der Waals surface area (Å²) < 4.78 is 34.2. The highest BCUT2D eigenvalue weighted by Crippen LogP contribution is 2.39. The molecule has 1 amide bonds. The topological polar surface area (TPSA) is 105 Å². The van der Waals surface area contributed by atoms with Crippen molar-refractivity contribution in [3.8, 4) is 5.75 Å². The Balaban J connectivity index is 1.65. The van der Waals surface area contributed by atoms with E-state index in [1.807, 2.05) is 24.3 Å². The SMILES string of the molecule is COc1ccc(N(C)c2cccc(S(=O)(=O)NC(=O)c3ccc(C(C)(C)C)nc3N3CCC(C)C3(C)C)n2)cc1. The van der Waals surface area contributed by atoms with E-state index < -0.39 is 15.9 Å². The van der Waals surface area contributed by atoms with E-state index in [9.17, 15) is 13.2 Å². The number of amides is 1. The highest BCUT2D eigenvalue weighted by molar-refractivity contribution is 7.90. The standard InChI is InChI=1S/C30H39N5O4S/c1-20-18-19-35(30(20,5)6)27-23(16-17-24(31-27)29(2,3)4)28(36)33-40(37,38)26-11-9-10-25(32-26)34(7)21-12-14-22(39-8)15-13-21/h9-17,20H,18-19H2,1-8H3,(H,33,36). The first-order chi connectivity index (χ1) is 18.6. The number of hydrogen-bond acceptors (Lipinski definition) is 8. The predicted molar refractivity (Wildman–Crippen MR) is 158 cm³/mol. The summed E-state index contributed by atoms with van der Waals surface area (Å²) in [5.41, 5.74) is 1.34. The zero-order valence-electron chi connectivity index (χ0n) is 24.5. The number of aromatic nitrogens is 2. The smallest absolute Gasteiger partial charge is 0.281 e. The predicted octanol–water partition coefficient (Wildman–Crippen LogP) is 5.29. The van der Waals surface area contributed by atoms with Crippen molar-refractivity contribution in [2.45, 2.75) is 63.9 Å². The molecule has 4 rings (SSSR count). The molecule has 1 fully saturated rings. The van der Waals surface area contributed by atoms with Crippen molar-refractivity contribution in [3.63, 3.8) is 0 Å². The Labute approximate surface area is 237 Å². The maximum absolute atomic E-state index is 13.6. The fraction of sp³-hybridized carbons (Fsp3) is 0.433. The van der Waals surface area contributed by atoms with Crippen LogP contribution in [0.5, 0.6) is 5.75 Å². The molecule has 2 aromatic heterocycles. The van der Waals surface area contributed by atoms with Crippen molar-refractivity contribution in [1.82, 2.24) is 14.7 Å². The number of hydrogen-bond donors (Lipinski definition) is 1.